The zero-order chi connectivity index (χ0) is 13.4. The minimum Gasteiger partial charge on any atom is -0.339 e. The molecular formula is C16H22N2O. The minimum atomic E-state index is 0.285. The molecule has 2 fully saturated rings. The predicted octanol–water partition coefficient (Wildman–Crippen LogP) is 1.60. The van der Waals surface area contributed by atoms with Crippen LogP contribution in [0.15, 0.2) is 24.3 Å². The van der Waals surface area contributed by atoms with Crippen LogP contribution in [-0.4, -0.2) is 36.5 Å². The van der Waals surface area contributed by atoms with E-state index in [0.29, 0.717) is 24.3 Å². The average Bonchev–Trinajstić information content (AvgIpc) is 2.93. The lowest BCUT2D eigenvalue weighted by Gasteiger charge is -2.24. The Morgan fingerprint density at radius 1 is 1.42 bits per heavy atom. The molecule has 102 valence electrons. The SMILES string of the molecule is Cc1cccc(CC(=O)N2CC3CNCC3C2C)c1. The van der Waals surface area contributed by atoms with Crippen LogP contribution in [0.5, 0.6) is 0 Å². The zero-order valence-electron chi connectivity index (χ0n) is 11.7. The van der Waals surface area contributed by atoms with Crippen LogP contribution in [0.1, 0.15) is 18.1 Å². The van der Waals surface area contributed by atoms with Crippen molar-refractivity contribution in [3.8, 4) is 0 Å². The highest BCUT2D eigenvalue weighted by atomic mass is 16.2. The predicted molar refractivity (Wildman–Crippen MR) is 75.9 cm³/mol. The van der Waals surface area contributed by atoms with Crippen molar-refractivity contribution in [2.75, 3.05) is 19.6 Å². The molecule has 2 saturated heterocycles. The van der Waals surface area contributed by atoms with Gasteiger partial charge >= 0.3 is 0 Å². The zero-order valence-corrected chi connectivity index (χ0v) is 11.7. The van der Waals surface area contributed by atoms with Crippen LogP contribution in [0, 0.1) is 18.8 Å². The first kappa shape index (κ1) is 12.7. The van der Waals surface area contributed by atoms with Gasteiger partial charge in [-0.05, 0) is 31.2 Å². The third-order valence-corrected chi connectivity index (χ3v) is 4.69. The summed E-state index contributed by atoms with van der Waals surface area (Å²) in [5.74, 6) is 1.60. The fourth-order valence-electron chi connectivity index (χ4n) is 3.60. The summed E-state index contributed by atoms with van der Waals surface area (Å²) in [6.07, 6.45) is 0.541. The Morgan fingerprint density at radius 2 is 2.26 bits per heavy atom. The maximum Gasteiger partial charge on any atom is 0.227 e. The molecule has 3 rings (SSSR count). The van der Waals surface area contributed by atoms with E-state index < -0.39 is 0 Å². The first-order chi connectivity index (χ1) is 9.15. The van der Waals surface area contributed by atoms with E-state index in [9.17, 15) is 4.79 Å². The van der Waals surface area contributed by atoms with Gasteiger partial charge in [-0.2, -0.15) is 0 Å². The smallest absolute Gasteiger partial charge is 0.227 e. The summed E-state index contributed by atoms with van der Waals surface area (Å²) in [5.41, 5.74) is 2.35. The second kappa shape index (κ2) is 4.97. The van der Waals surface area contributed by atoms with Crippen molar-refractivity contribution in [2.45, 2.75) is 26.3 Å². The minimum absolute atomic E-state index is 0.285. The first-order valence-corrected chi connectivity index (χ1v) is 7.21. The quantitative estimate of drug-likeness (QED) is 0.874. The van der Waals surface area contributed by atoms with Crippen molar-refractivity contribution in [2.24, 2.45) is 11.8 Å². The van der Waals surface area contributed by atoms with Crippen LogP contribution in [0.2, 0.25) is 0 Å². The van der Waals surface area contributed by atoms with Crippen molar-refractivity contribution in [3.63, 3.8) is 0 Å². The average molecular weight is 258 g/mol. The molecule has 1 aromatic carbocycles. The number of likely N-dealkylation sites (tertiary alicyclic amines) is 1. The van der Waals surface area contributed by atoms with Crippen molar-refractivity contribution in [1.82, 2.24) is 10.2 Å². The van der Waals surface area contributed by atoms with Crippen LogP contribution < -0.4 is 5.32 Å². The fraction of sp³-hybridized carbons (Fsp3) is 0.562. The van der Waals surface area contributed by atoms with Gasteiger partial charge in [-0.3, -0.25) is 4.79 Å². The van der Waals surface area contributed by atoms with Gasteiger partial charge in [0.05, 0.1) is 6.42 Å². The van der Waals surface area contributed by atoms with Gasteiger partial charge in [0.2, 0.25) is 5.91 Å². The number of hydrogen-bond acceptors (Lipinski definition) is 2. The third-order valence-electron chi connectivity index (χ3n) is 4.69. The number of carbonyl (C=O) groups is 1. The molecule has 0 aliphatic carbocycles. The van der Waals surface area contributed by atoms with Gasteiger partial charge in [-0.1, -0.05) is 29.8 Å². The summed E-state index contributed by atoms with van der Waals surface area (Å²) in [6, 6.07) is 8.65. The van der Waals surface area contributed by atoms with E-state index in [-0.39, 0.29) is 5.91 Å². The molecule has 19 heavy (non-hydrogen) atoms. The molecule has 0 bridgehead atoms. The largest absolute Gasteiger partial charge is 0.339 e. The van der Waals surface area contributed by atoms with Crippen LogP contribution >= 0.6 is 0 Å². The first-order valence-electron chi connectivity index (χ1n) is 7.21. The van der Waals surface area contributed by atoms with Crippen LogP contribution in [0.3, 0.4) is 0 Å². The molecule has 2 heterocycles. The topological polar surface area (TPSA) is 32.3 Å². The Bertz CT molecular complexity index is 485. The van der Waals surface area contributed by atoms with E-state index in [1.807, 2.05) is 12.1 Å². The number of nitrogens with zero attached hydrogens (tertiary/aromatic N) is 1. The Balaban J connectivity index is 1.68. The summed E-state index contributed by atoms with van der Waals surface area (Å²) in [4.78, 5) is 14.6. The van der Waals surface area contributed by atoms with Crippen molar-refractivity contribution < 1.29 is 4.79 Å². The van der Waals surface area contributed by atoms with Crippen molar-refractivity contribution in [1.29, 1.82) is 0 Å². The summed E-state index contributed by atoms with van der Waals surface area (Å²) in [6.45, 7) is 7.35. The van der Waals surface area contributed by atoms with Gasteiger partial charge in [0, 0.05) is 25.7 Å². The van der Waals surface area contributed by atoms with E-state index in [4.69, 9.17) is 0 Å². The van der Waals surface area contributed by atoms with Gasteiger partial charge in [0.25, 0.3) is 0 Å². The summed E-state index contributed by atoms with van der Waals surface area (Å²) >= 11 is 0. The molecule has 0 aromatic heterocycles. The van der Waals surface area contributed by atoms with Crippen molar-refractivity contribution >= 4 is 5.91 Å². The van der Waals surface area contributed by atoms with Gasteiger partial charge in [0.15, 0.2) is 0 Å². The lowest BCUT2D eigenvalue weighted by atomic mass is 9.95. The number of fused-ring (bicyclic) bond motifs is 1. The second-order valence-corrected chi connectivity index (χ2v) is 6.03. The Morgan fingerprint density at radius 3 is 3.00 bits per heavy atom. The molecule has 0 spiro atoms. The summed E-state index contributed by atoms with van der Waals surface area (Å²) < 4.78 is 0. The third kappa shape index (κ3) is 2.39. The number of aryl methyl sites for hydroxylation is 1. The molecule has 2 aliphatic heterocycles. The van der Waals surface area contributed by atoms with E-state index in [2.05, 4.69) is 36.2 Å². The van der Waals surface area contributed by atoms with Gasteiger partial charge in [-0.15, -0.1) is 0 Å². The van der Waals surface area contributed by atoms with E-state index in [0.717, 1.165) is 25.2 Å². The molecule has 3 atom stereocenters. The molecule has 1 amide bonds. The number of rotatable bonds is 2. The standard InChI is InChI=1S/C16H22N2O/c1-11-4-3-5-13(6-11)7-16(19)18-10-14-8-17-9-15(14)12(18)2/h3-6,12,14-15,17H,7-10H2,1-2H3. The fourth-order valence-corrected chi connectivity index (χ4v) is 3.60. The van der Waals surface area contributed by atoms with Crippen LogP contribution in [0.25, 0.3) is 0 Å². The van der Waals surface area contributed by atoms with E-state index in [1.54, 1.807) is 0 Å². The number of nitrogens with one attached hydrogen (secondary N) is 1. The number of hydrogen-bond donors (Lipinski definition) is 1. The van der Waals surface area contributed by atoms with Crippen LogP contribution in [0.4, 0.5) is 0 Å². The Kier molecular flexibility index (Phi) is 3.31. The molecule has 3 unspecified atom stereocenters. The van der Waals surface area contributed by atoms with Crippen molar-refractivity contribution in [3.05, 3.63) is 35.4 Å². The lowest BCUT2D eigenvalue weighted by molar-refractivity contribution is -0.131. The lowest BCUT2D eigenvalue weighted by Crippen LogP contribution is -2.38. The van der Waals surface area contributed by atoms with E-state index in [1.165, 1.54) is 5.56 Å². The molecule has 0 saturated carbocycles. The highest BCUT2D eigenvalue weighted by molar-refractivity contribution is 5.79. The second-order valence-electron chi connectivity index (χ2n) is 6.03. The molecule has 1 aromatic rings. The summed E-state index contributed by atoms with van der Waals surface area (Å²) in [7, 11) is 0. The maximum absolute atomic E-state index is 12.5. The van der Waals surface area contributed by atoms with Gasteiger partial charge < -0.3 is 10.2 Å². The number of amides is 1. The number of carbonyl (C=O) groups excluding carboxylic acids is 1. The molecule has 1 N–H and O–H groups in total. The number of benzene rings is 1. The molecule has 3 nitrogen and oxygen atoms in total. The maximum atomic E-state index is 12.5. The molecule has 3 heteroatoms. The Labute approximate surface area is 115 Å². The summed E-state index contributed by atoms with van der Waals surface area (Å²) in [5, 5.41) is 3.43. The highest BCUT2D eigenvalue weighted by Crippen LogP contribution is 2.32. The Hall–Kier alpha value is -1.35. The highest BCUT2D eigenvalue weighted by Gasteiger charge is 2.43. The molecular weight excluding hydrogens is 236 g/mol. The van der Waals surface area contributed by atoms with E-state index >= 15 is 0 Å². The normalized spacial score (nSPS) is 29.6. The van der Waals surface area contributed by atoms with Gasteiger partial charge in [-0.25, -0.2) is 0 Å². The monoisotopic (exact) mass is 258 g/mol. The van der Waals surface area contributed by atoms with Crippen LogP contribution in [-0.2, 0) is 11.2 Å². The molecule has 2 aliphatic rings. The molecule has 0 radical (unpaired) electrons. The van der Waals surface area contributed by atoms with Gasteiger partial charge in [0.1, 0.15) is 0 Å².